The summed E-state index contributed by atoms with van der Waals surface area (Å²) in [7, 11) is 0. The summed E-state index contributed by atoms with van der Waals surface area (Å²) in [4.78, 5) is 15.3. The predicted molar refractivity (Wildman–Crippen MR) is 114 cm³/mol. The molecule has 4 unspecified atom stereocenters. The van der Waals surface area contributed by atoms with Crippen LogP contribution in [0.2, 0.25) is 0 Å². The first-order valence-corrected chi connectivity index (χ1v) is 11.3. The number of benzene rings is 1. The number of hydrogen-bond donors (Lipinski definition) is 2. The molecular formula is C23H31N5O2. The van der Waals surface area contributed by atoms with Gasteiger partial charge in [0.05, 0.1) is 18.7 Å². The summed E-state index contributed by atoms with van der Waals surface area (Å²) in [5, 5.41) is 22.6. The summed E-state index contributed by atoms with van der Waals surface area (Å²) in [5.41, 5.74) is 0.785. The monoisotopic (exact) mass is 409 g/mol. The van der Waals surface area contributed by atoms with E-state index in [1.165, 1.54) is 6.42 Å². The van der Waals surface area contributed by atoms with Crippen molar-refractivity contribution in [2.24, 2.45) is 11.8 Å². The summed E-state index contributed by atoms with van der Waals surface area (Å²) in [6.07, 6.45) is 8.87. The number of nitrogens with zero attached hydrogens (tertiary/aromatic N) is 4. The van der Waals surface area contributed by atoms with E-state index >= 15 is 0 Å². The van der Waals surface area contributed by atoms with Crippen LogP contribution in [0.25, 0.3) is 0 Å². The number of fused-ring (bicyclic) bond motifs is 3. The van der Waals surface area contributed by atoms with E-state index in [-0.39, 0.29) is 11.8 Å². The van der Waals surface area contributed by atoms with Gasteiger partial charge in [-0.1, -0.05) is 42.7 Å². The van der Waals surface area contributed by atoms with E-state index in [1.54, 1.807) is 0 Å². The van der Waals surface area contributed by atoms with Crippen LogP contribution in [0.1, 0.15) is 50.6 Å². The van der Waals surface area contributed by atoms with E-state index in [4.69, 9.17) is 0 Å². The molecule has 1 aliphatic carbocycles. The fourth-order valence-corrected chi connectivity index (χ4v) is 5.59. The highest BCUT2D eigenvalue weighted by atomic mass is 16.3. The Balaban J connectivity index is 1.21. The second-order valence-corrected chi connectivity index (χ2v) is 9.31. The van der Waals surface area contributed by atoms with Crippen molar-refractivity contribution >= 4 is 11.6 Å². The van der Waals surface area contributed by atoms with Crippen LogP contribution in [0, 0.1) is 11.8 Å². The van der Waals surface area contributed by atoms with Gasteiger partial charge >= 0.3 is 0 Å². The molecule has 2 bridgehead atoms. The zero-order chi connectivity index (χ0) is 20.6. The molecule has 2 aromatic rings. The molecule has 0 spiro atoms. The fourth-order valence-electron chi connectivity index (χ4n) is 5.59. The Morgan fingerprint density at radius 2 is 2.00 bits per heavy atom. The van der Waals surface area contributed by atoms with Gasteiger partial charge in [0.25, 0.3) is 0 Å². The van der Waals surface area contributed by atoms with Gasteiger partial charge in [0.2, 0.25) is 5.91 Å². The van der Waals surface area contributed by atoms with Crippen molar-refractivity contribution in [1.29, 1.82) is 0 Å². The van der Waals surface area contributed by atoms with Gasteiger partial charge in [-0.15, -0.1) is 5.10 Å². The molecule has 0 radical (unpaired) electrons. The molecule has 4 heterocycles. The third kappa shape index (κ3) is 3.88. The van der Waals surface area contributed by atoms with Crippen LogP contribution in [-0.4, -0.2) is 50.0 Å². The number of carbonyl (C=O) groups is 1. The van der Waals surface area contributed by atoms with Crippen molar-refractivity contribution in [3.8, 4) is 0 Å². The first-order chi connectivity index (χ1) is 14.6. The number of nitrogens with one attached hydrogen (secondary N) is 1. The third-order valence-corrected chi connectivity index (χ3v) is 7.35. The second-order valence-electron chi connectivity index (χ2n) is 9.31. The maximum Gasteiger partial charge on any atom is 0.229 e. The smallest absolute Gasteiger partial charge is 0.229 e. The standard InChI is InChI=1S/C23H31N5O2/c29-22(24-18-7-3-1-4-8-18)20-15-27-12-9-17(20)13-19(27)14-28-16-21(25-26-28)23(30)10-5-2-6-11-23/h1,3-4,7-8,16-17,19-20,30H,2,5-6,9-15H2,(H,24,29). The summed E-state index contributed by atoms with van der Waals surface area (Å²) in [6.45, 7) is 2.61. The number of para-hydroxylation sites is 1. The molecular weight excluding hydrogens is 378 g/mol. The minimum absolute atomic E-state index is 0.0458. The molecule has 4 aliphatic rings. The van der Waals surface area contributed by atoms with E-state index in [2.05, 4.69) is 20.5 Å². The molecule has 7 heteroatoms. The lowest BCUT2D eigenvalue weighted by molar-refractivity contribution is -0.127. The molecule has 7 nitrogen and oxygen atoms in total. The number of rotatable bonds is 5. The van der Waals surface area contributed by atoms with Crippen LogP contribution >= 0.6 is 0 Å². The zero-order valence-corrected chi connectivity index (χ0v) is 17.4. The predicted octanol–water partition coefficient (Wildman–Crippen LogP) is 2.78. The Morgan fingerprint density at radius 1 is 1.20 bits per heavy atom. The van der Waals surface area contributed by atoms with Crippen LogP contribution in [0.5, 0.6) is 0 Å². The Labute approximate surface area is 177 Å². The topological polar surface area (TPSA) is 83.3 Å². The number of piperidine rings is 3. The average molecular weight is 410 g/mol. The van der Waals surface area contributed by atoms with Gasteiger partial charge in [0, 0.05) is 18.3 Å². The van der Waals surface area contributed by atoms with Crippen LogP contribution in [0.4, 0.5) is 5.69 Å². The number of anilines is 1. The van der Waals surface area contributed by atoms with Gasteiger partial charge in [-0.3, -0.25) is 14.4 Å². The van der Waals surface area contributed by atoms with Gasteiger partial charge in [0.15, 0.2) is 0 Å². The minimum Gasteiger partial charge on any atom is -0.383 e. The lowest BCUT2D eigenvalue weighted by Crippen LogP contribution is -2.57. The van der Waals surface area contributed by atoms with Crippen molar-refractivity contribution in [2.45, 2.75) is 63.1 Å². The molecule has 3 saturated heterocycles. The summed E-state index contributed by atoms with van der Waals surface area (Å²) in [6, 6.07) is 10.1. The number of carbonyl (C=O) groups excluding carboxylic acids is 1. The van der Waals surface area contributed by atoms with Gasteiger partial charge in [-0.25, -0.2) is 0 Å². The molecule has 1 aromatic heterocycles. The number of amides is 1. The van der Waals surface area contributed by atoms with Crippen molar-refractivity contribution in [3.05, 3.63) is 42.2 Å². The van der Waals surface area contributed by atoms with Crippen molar-refractivity contribution in [2.75, 3.05) is 18.4 Å². The van der Waals surface area contributed by atoms with Crippen molar-refractivity contribution < 1.29 is 9.90 Å². The van der Waals surface area contributed by atoms with E-state index in [1.807, 2.05) is 41.2 Å². The third-order valence-electron chi connectivity index (χ3n) is 7.35. The molecule has 4 atom stereocenters. The Morgan fingerprint density at radius 3 is 2.73 bits per heavy atom. The van der Waals surface area contributed by atoms with E-state index in [9.17, 15) is 9.90 Å². The van der Waals surface area contributed by atoms with E-state index in [0.717, 1.165) is 69.5 Å². The molecule has 1 aromatic carbocycles. The van der Waals surface area contributed by atoms with Crippen molar-refractivity contribution in [1.82, 2.24) is 19.9 Å². The first kappa shape index (κ1) is 19.7. The molecule has 2 N–H and O–H groups in total. The lowest BCUT2D eigenvalue weighted by Gasteiger charge is -2.49. The Hall–Kier alpha value is -2.25. The number of aromatic nitrogens is 3. The second kappa shape index (κ2) is 8.12. The minimum atomic E-state index is -0.803. The zero-order valence-electron chi connectivity index (χ0n) is 17.4. The maximum atomic E-state index is 12.8. The highest BCUT2D eigenvalue weighted by Crippen LogP contribution is 2.38. The number of aliphatic hydroxyl groups is 1. The van der Waals surface area contributed by atoms with Gasteiger partial charge in [0.1, 0.15) is 11.3 Å². The lowest BCUT2D eigenvalue weighted by atomic mass is 9.75. The molecule has 160 valence electrons. The molecule has 30 heavy (non-hydrogen) atoms. The highest BCUT2D eigenvalue weighted by molar-refractivity contribution is 5.93. The average Bonchev–Trinajstić information content (AvgIpc) is 3.25. The first-order valence-electron chi connectivity index (χ1n) is 11.3. The quantitative estimate of drug-likeness (QED) is 0.793. The fraction of sp³-hybridized carbons (Fsp3) is 0.609. The van der Waals surface area contributed by atoms with Crippen molar-refractivity contribution in [3.63, 3.8) is 0 Å². The summed E-state index contributed by atoms with van der Waals surface area (Å²) >= 11 is 0. The summed E-state index contributed by atoms with van der Waals surface area (Å²) < 4.78 is 1.90. The van der Waals surface area contributed by atoms with Crippen LogP contribution in [0.15, 0.2) is 36.5 Å². The molecule has 3 aliphatic heterocycles. The van der Waals surface area contributed by atoms with Gasteiger partial charge in [-0.05, 0) is 50.3 Å². The van der Waals surface area contributed by atoms with E-state index in [0.29, 0.717) is 12.0 Å². The van der Waals surface area contributed by atoms with Gasteiger partial charge in [-0.2, -0.15) is 0 Å². The molecule has 6 rings (SSSR count). The normalized spacial score (nSPS) is 30.2. The largest absolute Gasteiger partial charge is 0.383 e. The van der Waals surface area contributed by atoms with E-state index < -0.39 is 5.60 Å². The molecule has 1 saturated carbocycles. The molecule has 1 amide bonds. The van der Waals surface area contributed by atoms with Crippen LogP contribution < -0.4 is 5.32 Å². The maximum absolute atomic E-state index is 12.8. The van der Waals surface area contributed by atoms with Crippen LogP contribution in [0.3, 0.4) is 0 Å². The SMILES string of the molecule is O=C(Nc1ccccc1)C1CN2CCC1CC2Cn1cc(C2(O)CCCCC2)nn1. The highest BCUT2D eigenvalue weighted by Gasteiger charge is 2.43. The Bertz CT molecular complexity index is 877. The van der Waals surface area contributed by atoms with Crippen LogP contribution in [-0.2, 0) is 16.9 Å². The molecule has 4 fully saturated rings. The number of hydrogen-bond acceptors (Lipinski definition) is 5. The summed E-state index contributed by atoms with van der Waals surface area (Å²) in [5.74, 6) is 0.593. The van der Waals surface area contributed by atoms with Gasteiger partial charge < -0.3 is 10.4 Å². The Kier molecular flexibility index (Phi) is 5.33.